The van der Waals surface area contributed by atoms with Gasteiger partial charge in [0.1, 0.15) is 5.75 Å². The second kappa shape index (κ2) is 9.20. The summed E-state index contributed by atoms with van der Waals surface area (Å²) in [7, 11) is 0. The lowest BCUT2D eigenvalue weighted by Gasteiger charge is -2.33. The van der Waals surface area contributed by atoms with Crippen molar-refractivity contribution >= 4 is 0 Å². The molecule has 0 aliphatic heterocycles. The van der Waals surface area contributed by atoms with Crippen molar-refractivity contribution in [2.45, 2.75) is 65.6 Å². The molecule has 0 aliphatic rings. The van der Waals surface area contributed by atoms with Gasteiger partial charge in [0, 0.05) is 23.6 Å². The highest BCUT2D eigenvalue weighted by molar-refractivity contribution is 5.49. The van der Waals surface area contributed by atoms with Crippen LogP contribution < -0.4 is 0 Å². The Bertz CT molecular complexity index is 687. The van der Waals surface area contributed by atoms with E-state index in [-0.39, 0.29) is 18.3 Å². The van der Waals surface area contributed by atoms with E-state index in [1.165, 1.54) is 5.56 Å². The van der Waals surface area contributed by atoms with Crippen LogP contribution in [-0.4, -0.2) is 33.7 Å². The van der Waals surface area contributed by atoms with Crippen LogP contribution in [0.15, 0.2) is 42.5 Å². The van der Waals surface area contributed by atoms with Gasteiger partial charge < -0.3 is 10.2 Å². The number of aryl methyl sites for hydroxylation is 1. The molecule has 0 fully saturated rings. The molecular weight excluding hydrogens is 322 g/mol. The van der Waals surface area contributed by atoms with E-state index < -0.39 is 0 Å². The van der Waals surface area contributed by atoms with Crippen molar-refractivity contribution in [2.24, 2.45) is 0 Å². The van der Waals surface area contributed by atoms with Gasteiger partial charge in [0.25, 0.3) is 0 Å². The van der Waals surface area contributed by atoms with E-state index in [4.69, 9.17) is 0 Å². The van der Waals surface area contributed by atoms with Gasteiger partial charge in [-0.2, -0.15) is 0 Å². The fourth-order valence-corrected chi connectivity index (χ4v) is 3.91. The monoisotopic (exact) mass is 355 g/mol. The van der Waals surface area contributed by atoms with Crippen LogP contribution in [-0.2, 0) is 6.61 Å². The first-order chi connectivity index (χ1) is 12.4. The van der Waals surface area contributed by atoms with Crippen LogP contribution >= 0.6 is 0 Å². The first-order valence-corrected chi connectivity index (χ1v) is 9.59. The predicted molar refractivity (Wildman–Crippen MR) is 109 cm³/mol. The van der Waals surface area contributed by atoms with Gasteiger partial charge in [0.15, 0.2) is 0 Å². The summed E-state index contributed by atoms with van der Waals surface area (Å²) in [6.45, 7) is 11.8. The van der Waals surface area contributed by atoms with Gasteiger partial charge in [-0.3, -0.25) is 4.90 Å². The lowest BCUT2D eigenvalue weighted by Crippen LogP contribution is -2.38. The highest BCUT2D eigenvalue weighted by atomic mass is 16.3. The molecule has 3 heteroatoms. The van der Waals surface area contributed by atoms with Crippen LogP contribution in [0.2, 0.25) is 0 Å². The van der Waals surface area contributed by atoms with Crippen LogP contribution in [0.25, 0.3) is 0 Å². The first kappa shape index (κ1) is 20.5. The molecule has 0 radical (unpaired) electrons. The van der Waals surface area contributed by atoms with Gasteiger partial charge in [0.2, 0.25) is 0 Å². The predicted octanol–water partition coefficient (Wildman–Crippen LogP) is 4.83. The fourth-order valence-electron chi connectivity index (χ4n) is 3.91. The molecule has 142 valence electrons. The molecule has 0 saturated heterocycles. The summed E-state index contributed by atoms with van der Waals surface area (Å²) in [6, 6.07) is 14.9. The Balaban J connectivity index is 2.46. The Kier molecular flexibility index (Phi) is 7.24. The van der Waals surface area contributed by atoms with E-state index in [1.807, 2.05) is 31.2 Å². The van der Waals surface area contributed by atoms with Gasteiger partial charge in [-0.15, -0.1) is 0 Å². The third kappa shape index (κ3) is 4.66. The van der Waals surface area contributed by atoms with Crippen LogP contribution in [0.1, 0.15) is 62.3 Å². The summed E-state index contributed by atoms with van der Waals surface area (Å²) < 4.78 is 0. The average Bonchev–Trinajstić information content (AvgIpc) is 2.61. The third-order valence-electron chi connectivity index (χ3n) is 5.28. The summed E-state index contributed by atoms with van der Waals surface area (Å²) in [6.07, 6.45) is 0.893. The van der Waals surface area contributed by atoms with Crippen molar-refractivity contribution in [3.63, 3.8) is 0 Å². The van der Waals surface area contributed by atoms with Crippen molar-refractivity contribution in [1.29, 1.82) is 0 Å². The van der Waals surface area contributed by atoms with Crippen LogP contribution in [0.3, 0.4) is 0 Å². The number of phenols is 1. The maximum atomic E-state index is 10.6. The number of hydrogen-bond donors (Lipinski definition) is 2. The van der Waals surface area contributed by atoms with E-state index in [1.54, 1.807) is 6.07 Å². The van der Waals surface area contributed by atoms with Crippen molar-refractivity contribution in [3.8, 4) is 5.75 Å². The quantitative estimate of drug-likeness (QED) is 0.712. The molecule has 2 aromatic carbocycles. The summed E-state index contributed by atoms with van der Waals surface area (Å²) in [4.78, 5) is 2.47. The van der Waals surface area contributed by atoms with Gasteiger partial charge in [-0.1, -0.05) is 36.4 Å². The molecule has 0 aromatic heterocycles. The number of aromatic hydroxyl groups is 1. The smallest absolute Gasteiger partial charge is 0.119 e. The highest BCUT2D eigenvalue weighted by Gasteiger charge is 2.24. The molecule has 0 unspecified atom stereocenters. The van der Waals surface area contributed by atoms with Gasteiger partial charge in [-0.25, -0.2) is 0 Å². The molecule has 26 heavy (non-hydrogen) atoms. The largest absolute Gasteiger partial charge is 0.508 e. The van der Waals surface area contributed by atoms with E-state index in [0.717, 1.165) is 29.7 Å². The average molecular weight is 356 g/mol. The van der Waals surface area contributed by atoms with Crippen molar-refractivity contribution < 1.29 is 10.2 Å². The molecule has 1 atom stereocenters. The molecule has 3 nitrogen and oxygen atoms in total. The molecule has 0 heterocycles. The number of nitrogens with zero attached hydrogens (tertiary/aromatic N) is 1. The fraction of sp³-hybridized carbons (Fsp3) is 0.478. The van der Waals surface area contributed by atoms with E-state index >= 15 is 0 Å². The maximum absolute atomic E-state index is 10.6. The minimum atomic E-state index is -0.0586. The molecule has 0 amide bonds. The summed E-state index contributed by atoms with van der Waals surface area (Å²) in [5, 5.41) is 20.6. The second-order valence-electron chi connectivity index (χ2n) is 7.63. The van der Waals surface area contributed by atoms with Crippen molar-refractivity contribution in [1.82, 2.24) is 4.90 Å². The lowest BCUT2D eigenvalue weighted by atomic mass is 9.83. The number of rotatable bonds is 8. The zero-order valence-corrected chi connectivity index (χ0v) is 16.7. The van der Waals surface area contributed by atoms with E-state index in [2.05, 4.69) is 44.7 Å². The lowest BCUT2D eigenvalue weighted by molar-refractivity contribution is 0.170. The number of phenolic OH excluding ortho intramolecular Hbond substituents is 1. The molecule has 2 rings (SSSR count). The Morgan fingerprint density at radius 1 is 0.923 bits per heavy atom. The van der Waals surface area contributed by atoms with E-state index in [0.29, 0.717) is 12.1 Å². The van der Waals surface area contributed by atoms with Gasteiger partial charge in [-0.05, 0) is 70.3 Å². The molecule has 0 aliphatic carbocycles. The van der Waals surface area contributed by atoms with Crippen LogP contribution in [0.4, 0.5) is 0 Å². The Labute approximate surface area is 158 Å². The minimum absolute atomic E-state index is 0.0539. The zero-order valence-electron chi connectivity index (χ0n) is 16.7. The molecular formula is C23H33NO2. The molecule has 0 bridgehead atoms. The summed E-state index contributed by atoms with van der Waals surface area (Å²) in [5.41, 5.74) is 3.91. The normalized spacial score (nSPS) is 13.0. The molecule has 2 aromatic rings. The van der Waals surface area contributed by atoms with Gasteiger partial charge in [0.05, 0.1) is 6.61 Å². The van der Waals surface area contributed by atoms with Crippen molar-refractivity contribution in [2.75, 3.05) is 6.54 Å². The third-order valence-corrected chi connectivity index (χ3v) is 5.28. The maximum Gasteiger partial charge on any atom is 0.119 e. The number of hydrogen-bond acceptors (Lipinski definition) is 3. The number of aliphatic hydroxyl groups is 1. The molecule has 2 N–H and O–H groups in total. The van der Waals surface area contributed by atoms with E-state index in [9.17, 15) is 10.2 Å². The number of aliphatic hydroxyl groups excluding tert-OH is 1. The van der Waals surface area contributed by atoms with Crippen LogP contribution in [0, 0.1) is 6.92 Å². The standard InChI is InChI=1S/C23H33NO2/c1-16(2)24(17(3)4)14-13-20(19-9-7-6-8-10-19)23-21(15-25)18(5)11-12-22(23)26/h6-12,16-17,20,25-26H,13-15H2,1-5H3/t20-/m1/s1. The highest BCUT2D eigenvalue weighted by Crippen LogP contribution is 2.38. The first-order valence-electron chi connectivity index (χ1n) is 9.59. The van der Waals surface area contributed by atoms with Crippen molar-refractivity contribution in [3.05, 3.63) is 64.7 Å². The minimum Gasteiger partial charge on any atom is -0.508 e. The second-order valence-corrected chi connectivity index (χ2v) is 7.63. The Morgan fingerprint density at radius 2 is 1.54 bits per heavy atom. The number of benzene rings is 2. The molecule has 0 saturated carbocycles. The zero-order chi connectivity index (χ0) is 19.3. The Hall–Kier alpha value is -1.84. The summed E-state index contributed by atoms with van der Waals surface area (Å²) >= 11 is 0. The van der Waals surface area contributed by atoms with Crippen LogP contribution in [0.5, 0.6) is 5.75 Å². The van der Waals surface area contributed by atoms with Gasteiger partial charge >= 0.3 is 0 Å². The Morgan fingerprint density at radius 3 is 2.08 bits per heavy atom. The topological polar surface area (TPSA) is 43.7 Å². The molecule has 0 spiro atoms. The summed E-state index contributed by atoms with van der Waals surface area (Å²) in [5.74, 6) is 0.326. The SMILES string of the molecule is Cc1ccc(O)c([C@H](CCN(C(C)C)C(C)C)c2ccccc2)c1CO.